The third kappa shape index (κ3) is 5.65. The Morgan fingerprint density at radius 1 is 1.30 bits per heavy atom. The summed E-state index contributed by atoms with van der Waals surface area (Å²) in [7, 11) is -3.31. The largest absolute Gasteiger partial charge is 0.351 e. The molecular weight excluding hydrogens is 404 g/mol. The van der Waals surface area contributed by atoms with Crippen molar-refractivity contribution in [2.45, 2.75) is 17.8 Å². The van der Waals surface area contributed by atoms with Crippen LogP contribution in [0.5, 0.6) is 0 Å². The lowest BCUT2D eigenvalue weighted by Gasteiger charge is -2.04. The van der Waals surface area contributed by atoms with Gasteiger partial charge >= 0.3 is 0 Å². The van der Waals surface area contributed by atoms with Crippen LogP contribution >= 0.6 is 23.1 Å². The highest BCUT2D eigenvalue weighted by atomic mass is 32.2. The fourth-order valence-corrected chi connectivity index (χ4v) is 4.73. The average molecular weight is 423 g/mol. The maximum Gasteiger partial charge on any atom is 0.232 e. The number of carbonyl (C=O) groups excluding carboxylic acids is 1. The van der Waals surface area contributed by atoms with Gasteiger partial charge in [0, 0.05) is 18.9 Å². The number of thioether (sulfide) groups is 1. The van der Waals surface area contributed by atoms with Gasteiger partial charge in [-0.25, -0.2) is 13.4 Å². The van der Waals surface area contributed by atoms with Crippen LogP contribution in [0.2, 0.25) is 0 Å². The molecule has 142 valence electrons. The quantitative estimate of drug-likeness (QED) is 0.541. The molecule has 2 heterocycles. The number of hydrogen-bond acceptors (Lipinski definition) is 7. The number of fused-ring (bicyclic) bond motifs is 1. The van der Waals surface area contributed by atoms with Gasteiger partial charge < -0.3 is 5.32 Å². The van der Waals surface area contributed by atoms with Gasteiger partial charge in [-0.2, -0.15) is 0 Å². The Morgan fingerprint density at radius 2 is 2.15 bits per heavy atom. The van der Waals surface area contributed by atoms with Gasteiger partial charge in [-0.05, 0) is 36.8 Å². The van der Waals surface area contributed by atoms with Crippen molar-refractivity contribution in [3.8, 4) is 0 Å². The van der Waals surface area contributed by atoms with Crippen molar-refractivity contribution in [2.75, 3.05) is 16.2 Å². The Balaban J connectivity index is 1.58. The highest BCUT2D eigenvalue weighted by Gasteiger charge is 2.11. The Kier molecular flexibility index (Phi) is 6.30. The summed E-state index contributed by atoms with van der Waals surface area (Å²) in [5.41, 5.74) is 2.23. The van der Waals surface area contributed by atoms with Crippen LogP contribution < -0.4 is 10.0 Å². The van der Waals surface area contributed by atoms with E-state index in [0.29, 0.717) is 12.2 Å². The second-order valence-electron chi connectivity index (χ2n) is 5.59. The van der Waals surface area contributed by atoms with E-state index in [4.69, 9.17) is 0 Å². The minimum atomic E-state index is -3.31. The second kappa shape index (κ2) is 8.68. The molecule has 0 fully saturated rings. The fraction of sp³-hybridized carbons (Fsp3) is 0.235. The van der Waals surface area contributed by atoms with Crippen LogP contribution in [0.25, 0.3) is 10.2 Å². The summed E-state index contributed by atoms with van der Waals surface area (Å²) < 4.78 is 27.5. The van der Waals surface area contributed by atoms with Crippen LogP contribution in [0.15, 0.2) is 47.1 Å². The summed E-state index contributed by atoms with van der Waals surface area (Å²) in [6, 6.07) is 8.94. The molecule has 0 aliphatic heterocycles. The lowest BCUT2D eigenvalue weighted by atomic mass is 10.3. The van der Waals surface area contributed by atoms with Crippen molar-refractivity contribution in [2.24, 2.45) is 0 Å². The monoisotopic (exact) mass is 422 g/mol. The van der Waals surface area contributed by atoms with E-state index in [9.17, 15) is 13.2 Å². The SMILES string of the molecule is CCS(=O)(=O)Nc1ccc2nc(SCC(=O)NCc3cccnc3)sc2c1. The van der Waals surface area contributed by atoms with Crippen LogP contribution in [-0.4, -0.2) is 35.8 Å². The minimum Gasteiger partial charge on any atom is -0.351 e. The number of anilines is 1. The number of carbonyl (C=O) groups is 1. The van der Waals surface area contributed by atoms with Gasteiger partial charge in [0.15, 0.2) is 4.34 Å². The van der Waals surface area contributed by atoms with Gasteiger partial charge in [0.2, 0.25) is 15.9 Å². The van der Waals surface area contributed by atoms with Gasteiger partial charge in [-0.15, -0.1) is 11.3 Å². The number of rotatable bonds is 8. The van der Waals surface area contributed by atoms with Gasteiger partial charge in [-0.1, -0.05) is 17.8 Å². The Morgan fingerprint density at radius 3 is 2.89 bits per heavy atom. The maximum absolute atomic E-state index is 12.0. The van der Waals surface area contributed by atoms with Crippen LogP contribution in [-0.2, 0) is 21.4 Å². The zero-order valence-corrected chi connectivity index (χ0v) is 17.0. The molecule has 0 radical (unpaired) electrons. The molecule has 0 spiro atoms. The van der Waals surface area contributed by atoms with E-state index in [1.807, 2.05) is 12.1 Å². The third-order valence-corrected chi connectivity index (χ3v) is 7.03. The molecule has 0 aliphatic rings. The van der Waals surface area contributed by atoms with E-state index in [2.05, 4.69) is 20.0 Å². The number of benzene rings is 1. The molecule has 0 aliphatic carbocycles. The highest BCUT2D eigenvalue weighted by Crippen LogP contribution is 2.31. The average Bonchev–Trinajstić information content (AvgIpc) is 3.07. The summed E-state index contributed by atoms with van der Waals surface area (Å²) in [4.78, 5) is 20.5. The maximum atomic E-state index is 12.0. The van der Waals surface area contributed by atoms with E-state index in [0.717, 1.165) is 20.1 Å². The van der Waals surface area contributed by atoms with Crippen molar-refractivity contribution in [3.05, 3.63) is 48.3 Å². The van der Waals surface area contributed by atoms with Crippen LogP contribution in [0.1, 0.15) is 12.5 Å². The van der Waals surface area contributed by atoms with Gasteiger partial charge in [0.05, 0.1) is 27.4 Å². The molecular formula is C17H18N4O3S3. The summed E-state index contributed by atoms with van der Waals surface area (Å²) in [6.07, 6.45) is 3.40. The van der Waals surface area contributed by atoms with Crippen molar-refractivity contribution in [1.29, 1.82) is 0 Å². The number of thiazole rings is 1. The lowest BCUT2D eigenvalue weighted by Crippen LogP contribution is -2.24. The minimum absolute atomic E-state index is 0.0169. The molecule has 1 amide bonds. The molecule has 7 nitrogen and oxygen atoms in total. The van der Waals surface area contributed by atoms with E-state index < -0.39 is 10.0 Å². The number of hydrogen-bond donors (Lipinski definition) is 2. The first-order chi connectivity index (χ1) is 12.9. The number of pyridine rings is 1. The number of nitrogens with one attached hydrogen (secondary N) is 2. The van der Waals surface area contributed by atoms with Gasteiger partial charge in [0.1, 0.15) is 0 Å². The summed E-state index contributed by atoms with van der Waals surface area (Å²) in [5, 5.41) is 2.84. The molecule has 0 saturated carbocycles. The molecule has 0 saturated heterocycles. The molecule has 10 heteroatoms. The van der Waals surface area contributed by atoms with Crippen LogP contribution in [0.4, 0.5) is 5.69 Å². The number of aromatic nitrogens is 2. The highest BCUT2D eigenvalue weighted by molar-refractivity contribution is 8.01. The van der Waals surface area contributed by atoms with Crippen molar-refractivity contribution in [1.82, 2.24) is 15.3 Å². The van der Waals surface area contributed by atoms with Crippen LogP contribution in [0, 0.1) is 0 Å². The van der Waals surface area contributed by atoms with E-state index in [-0.39, 0.29) is 17.4 Å². The molecule has 0 bridgehead atoms. The summed E-state index contributed by atoms with van der Waals surface area (Å²) in [6.45, 7) is 2.02. The van der Waals surface area contributed by atoms with Crippen LogP contribution in [0.3, 0.4) is 0 Å². The normalized spacial score (nSPS) is 11.4. The van der Waals surface area contributed by atoms with E-state index >= 15 is 0 Å². The zero-order valence-electron chi connectivity index (χ0n) is 14.5. The Labute approximate surface area is 165 Å². The van der Waals surface area contributed by atoms with Gasteiger partial charge in [0.25, 0.3) is 0 Å². The standard InChI is InChI=1S/C17H18N4O3S3/c1-2-27(23,24)21-13-5-6-14-15(8-13)26-17(20-14)25-11-16(22)19-10-12-4-3-7-18-9-12/h3-9,21H,2,10-11H2,1H3,(H,19,22). The Bertz CT molecular complexity index is 1040. The van der Waals surface area contributed by atoms with Crippen molar-refractivity contribution < 1.29 is 13.2 Å². The number of amides is 1. The van der Waals surface area contributed by atoms with Gasteiger partial charge in [-0.3, -0.25) is 14.5 Å². The predicted octanol–water partition coefficient (Wildman–Crippen LogP) is 2.86. The second-order valence-corrected chi connectivity index (χ2v) is 9.86. The third-order valence-electron chi connectivity index (χ3n) is 3.56. The van der Waals surface area contributed by atoms with E-state index in [1.54, 1.807) is 37.5 Å². The van der Waals surface area contributed by atoms with Crippen molar-refractivity contribution >= 4 is 54.9 Å². The first kappa shape index (κ1) is 19.6. The zero-order chi connectivity index (χ0) is 19.3. The lowest BCUT2D eigenvalue weighted by molar-refractivity contribution is -0.118. The molecule has 1 aromatic carbocycles. The molecule has 3 rings (SSSR count). The Hall–Kier alpha value is -2.17. The molecule has 2 aromatic heterocycles. The summed E-state index contributed by atoms with van der Waals surface area (Å²) in [5.74, 6) is 0.192. The fourth-order valence-electron chi connectivity index (χ4n) is 2.16. The number of nitrogens with zero attached hydrogens (tertiary/aromatic N) is 2. The molecule has 0 atom stereocenters. The molecule has 27 heavy (non-hydrogen) atoms. The number of sulfonamides is 1. The smallest absolute Gasteiger partial charge is 0.232 e. The molecule has 3 aromatic rings. The topological polar surface area (TPSA) is 101 Å². The molecule has 2 N–H and O–H groups in total. The first-order valence-electron chi connectivity index (χ1n) is 8.14. The van der Waals surface area contributed by atoms with E-state index in [1.165, 1.54) is 23.1 Å². The predicted molar refractivity (Wildman–Crippen MR) is 110 cm³/mol. The first-order valence-corrected chi connectivity index (χ1v) is 11.6. The molecule has 0 unspecified atom stereocenters. The summed E-state index contributed by atoms with van der Waals surface area (Å²) >= 11 is 2.78. The van der Waals surface area contributed by atoms with Crippen molar-refractivity contribution in [3.63, 3.8) is 0 Å².